The highest BCUT2D eigenvalue weighted by molar-refractivity contribution is 6.33. The molecule has 0 saturated carbocycles. The van der Waals surface area contributed by atoms with Crippen molar-refractivity contribution in [3.8, 4) is 0 Å². The zero-order chi connectivity index (χ0) is 13.0. The SMILES string of the molecule is N=C(C=O)/C=C(\N)c1ccc(N2CCCC2)nc1. The van der Waals surface area contributed by atoms with E-state index in [0.717, 1.165) is 24.5 Å². The molecule has 1 aliphatic rings. The van der Waals surface area contributed by atoms with Crippen LogP contribution < -0.4 is 10.6 Å². The quantitative estimate of drug-likeness (QED) is 0.616. The molecule has 3 N–H and O–H groups in total. The fraction of sp³-hybridized carbons (Fsp3) is 0.308. The second-order valence-corrected chi connectivity index (χ2v) is 4.27. The Hall–Kier alpha value is -2.17. The Labute approximate surface area is 106 Å². The molecule has 0 radical (unpaired) electrons. The van der Waals surface area contributed by atoms with E-state index in [2.05, 4.69) is 9.88 Å². The molecule has 1 aliphatic heterocycles. The van der Waals surface area contributed by atoms with Gasteiger partial charge in [-0.3, -0.25) is 10.2 Å². The Morgan fingerprint density at radius 3 is 2.67 bits per heavy atom. The standard InChI is InChI=1S/C13H16N4O/c14-11(9-18)7-12(15)10-3-4-13(16-8-10)17-5-1-2-6-17/h3-4,7-9,14H,1-2,5-6,15H2/b12-7-,14-11?. The van der Waals surface area contributed by atoms with E-state index in [-0.39, 0.29) is 5.71 Å². The third kappa shape index (κ3) is 2.74. The molecule has 1 aromatic heterocycles. The van der Waals surface area contributed by atoms with Crippen molar-refractivity contribution in [1.82, 2.24) is 4.98 Å². The first kappa shape index (κ1) is 12.3. The number of pyridine rings is 1. The summed E-state index contributed by atoms with van der Waals surface area (Å²) >= 11 is 0. The van der Waals surface area contributed by atoms with Crippen LogP contribution in [-0.4, -0.2) is 30.1 Å². The lowest BCUT2D eigenvalue weighted by atomic mass is 10.2. The van der Waals surface area contributed by atoms with E-state index in [1.807, 2.05) is 12.1 Å². The van der Waals surface area contributed by atoms with E-state index in [4.69, 9.17) is 11.1 Å². The summed E-state index contributed by atoms with van der Waals surface area (Å²) in [6, 6.07) is 3.79. The van der Waals surface area contributed by atoms with Crippen molar-refractivity contribution in [2.45, 2.75) is 12.8 Å². The Kier molecular flexibility index (Phi) is 3.72. The van der Waals surface area contributed by atoms with Crippen LogP contribution >= 0.6 is 0 Å². The van der Waals surface area contributed by atoms with E-state index < -0.39 is 0 Å². The van der Waals surface area contributed by atoms with Gasteiger partial charge in [-0.15, -0.1) is 0 Å². The highest BCUT2D eigenvalue weighted by Gasteiger charge is 2.13. The van der Waals surface area contributed by atoms with Crippen LogP contribution in [0.1, 0.15) is 18.4 Å². The second kappa shape index (κ2) is 5.44. The number of nitrogens with one attached hydrogen (secondary N) is 1. The number of carbonyl (C=O) groups is 1. The third-order valence-corrected chi connectivity index (χ3v) is 2.95. The Bertz CT molecular complexity index is 472. The average molecular weight is 244 g/mol. The molecule has 2 rings (SSSR count). The molecule has 0 bridgehead atoms. The predicted octanol–water partition coefficient (Wildman–Crippen LogP) is 1.20. The Morgan fingerprint density at radius 1 is 1.39 bits per heavy atom. The smallest absolute Gasteiger partial charge is 0.167 e. The van der Waals surface area contributed by atoms with Crippen LogP contribution in [0.5, 0.6) is 0 Å². The zero-order valence-electron chi connectivity index (χ0n) is 10.1. The number of nitrogens with zero attached hydrogens (tertiary/aromatic N) is 2. The number of hydrogen-bond donors (Lipinski definition) is 2. The molecule has 0 aliphatic carbocycles. The summed E-state index contributed by atoms with van der Waals surface area (Å²) < 4.78 is 0. The monoisotopic (exact) mass is 244 g/mol. The minimum atomic E-state index is -0.142. The van der Waals surface area contributed by atoms with Gasteiger partial charge in [0.1, 0.15) is 5.82 Å². The summed E-state index contributed by atoms with van der Waals surface area (Å²) in [5.74, 6) is 0.953. The Morgan fingerprint density at radius 2 is 2.11 bits per heavy atom. The summed E-state index contributed by atoms with van der Waals surface area (Å²) in [5.41, 5.74) is 6.75. The van der Waals surface area contributed by atoms with Gasteiger partial charge in [0.15, 0.2) is 6.29 Å². The maximum atomic E-state index is 10.4. The number of anilines is 1. The van der Waals surface area contributed by atoms with E-state index in [1.165, 1.54) is 18.9 Å². The summed E-state index contributed by atoms with van der Waals surface area (Å²) in [6.45, 7) is 2.10. The van der Waals surface area contributed by atoms with Crippen molar-refractivity contribution in [1.29, 1.82) is 5.41 Å². The first-order valence-electron chi connectivity index (χ1n) is 5.93. The van der Waals surface area contributed by atoms with Crippen molar-refractivity contribution >= 4 is 23.5 Å². The van der Waals surface area contributed by atoms with Gasteiger partial charge in [-0.05, 0) is 31.1 Å². The first-order chi connectivity index (χ1) is 8.70. The molecule has 94 valence electrons. The molecule has 18 heavy (non-hydrogen) atoms. The predicted molar refractivity (Wildman–Crippen MR) is 71.6 cm³/mol. The second-order valence-electron chi connectivity index (χ2n) is 4.27. The number of aromatic nitrogens is 1. The molecular weight excluding hydrogens is 228 g/mol. The van der Waals surface area contributed by atoms with Crippen molar-refractivity contribution in [3.05, 3.63) is 30.0 Å². The number of aldehydes is 1. The molecule has 5 heteroatoms. The molecule has 5 nitrogen and oxygen atoms in total. The van der Waals surface area contributed by atoms with Gasteiger partial charge in [0.05, 0.1) is 5.71 Å². The maximum absolute atomic E-state index is 10.4. The molecule has 1 fully saturated rings. The van der Waals surface area contributed by atoms with Gasteiger partial charge in [0, 0.05) is 30.5 Å². The van der Waals surface area contributed by atoms with Crippen LogP contribution in [0, 0.1) is 5.41 Å². The number of carbonyl (C=O) groups excluding carboxylic acids is 1. The lowest BCUT2D eigenvalue weighted by Crippen LogP contribution is -2.18. The highest BCUT2D eigenvalue weighted by atomic mass is 16.1. The number of rotatable bonds is 4. The van der Waals surface area contributed by atoms with Crippen molar-refractivity contribution in [2.24, 2.45) is 5.73 Å². The first-order valence-corrected chi connectivity index (χ1v) is 5.93. The molecule has 1 saturated heterocycles. The lowest BCUT2D eigenvalue weighted by Gasteiger charge is -2.16. The topological polar surface area (TPSA) is 83.1 Å². The minimum absolute atomic E-state index is 0.142. The number of nitrogens with two attached hydrogens (primary N) is 1. The van der Waals surface area contributed by atoms with Crippen LogP contribution in [0.15, 0.2) is 24.4 Å². The summed E-state index contributed by atoms with van der Waals surface area (Å²) in [5, 5.41) is 7.24. The lowest BCUT2D eigenvalue weighted by molar-refractivity contribution is -0.102. The van der Waals surface area contributed by atoms with Gasteiger partial charge in [-0.1, -0.05) is 0 Å². The van der Waals surface area contributed by atoms with Gasteiger partial charge in [0.25, 0.3) is 0 Å². The summed E-state index contributed by atoms with van der Waals surface area (Å²) in [4.78, 5) is 16.9. The minimum Gasteiger partial charge on any atom is -0.398 e. The fourth-order valence-electron chi connectivity index (χ4n) is 1.97. The maximum Gasteiger partial charge on any atom is 0.167 e. The van der Waals surface area contributed by atoms with Crippen LogP contribution in [0.3, 0.4) is 0 Å². The van der Waals surface area contributed by atoms with E-state index in [1.54, 1.807) is 6.20 Å². The van der Waals surface area contributed by atoms with E-state index >= 15 is 0 Å². The number of hydrogen-bond acceptors (Lipinski definition) is 5. The third-order valence-electron chi connectivity index (χ3n) is 2.95. The molecule has 1 aromatic rings. The van der Waals surface area contributed by atoms with Crippen molar-refractivity contribution in [2.75, 3.05) is 18.0 Å². The molecule has 2 heterocycles. The zero-order valence-corrected chi connectivity index (χ0v) is 10.1. The summed E-state index contributed by atoms with van der Waals surface area (Å²) in [6.07, 6.45) is 5.89. The average Bonchev–Trinajstić information content (AvgIpc) is 2.92. The van der Waals surface area contributed by atoms with Gasteiger partial charge in [-0.2, -0.15) is 0 Å². The Balaban J connectivity index is 2.14. The van der Waals surface area contributed by atoms with Crippen LogP contribution in [0.4, 0.5) is 5.82 Å². The molecule has 0 amide bonds. The van der Waals surface area contributed by atoms with Gasteiger partial charge < -0.3 is 10.6 Å². The largest absolute Gasteiger partial charge is 0.398 e. The molecule has 0 atom stereocenters. The van der Waals surface area contributed by atoms with E-state index in [9.17, 15) is 4.79 Å². The molecular formula is C13H16N4O. The molecule has 0 unspecified atom stereocenters. The van der Waals surface area contributed by atoms with Crippen molar-refractivity contribution in [3.63, 3.8) is 0 Å². The normalized spacial score (nSPS) is 15.8. The van der Waals surface area contributed by atoms with Crippen LogP contribution in [-0.2, 0) is 4.79 Å². The van der Waals surface area contributed by atoms with Gasteiger partial charge >= 0.3 is 0 Å². The highest BCUT2D eigenvalue weighted by Crippen LogP contribution is 2.18. The summed E-state index contributed by atoms with van der Waals surface area (Å²) in [7, 11) is 0. The van der Waals surface area contributed by atoms with Crippen LogP contribution in [0.2, 0.25) is 0 Å². The van der Waals surface area contributed by atoms with Gasteiger partial charge in [0.2, 0.25) is 0 Å². The molecule has 0 spiro atoms. The number of allylic oxidation sites excluding steroid dienone is 1. The fourth-order valence-corrected chi connectivity index (χ4v) is 1.97. The van der Waals surface area contributed by atoms with E-state index in [0.29, 0.717) is 12.0 Å². The van der Waals surface area contributed by atoms with Gasteiger partial charge in [-0.25, -0.2) is 4.98 Å². The molecule has 0 aromatic carbocycles. The van der Waals surface area contributed by atoms with Crippen molar-refractivity contribution < 1.29 is 4.79 Å². The van der Waals surface area contributed by atoms with Crippen LogP contribution in [0.25, 0.3) is 5.70 Å².